The Labute approximate surface area is 90.8 Å². The Balaban J connectivity index is 2.08. The third-order valence-electron chi connectivity index (χ3n) is 4.21. The summed E-state index contributed by atoms with van der Waals surface area (Å²) in [6.07, 6.45) is 4.26. The average Bonchev–Trinajstić information content (AvgIpc) is 2.43. The third kappa shape index (κ3) is 2.03. The van der Waals surface area contributed by atoms with Gasteiger partial charge in [-0.3, -0.25) is 4.79 Å². The maximum absolute atomic E-state index is 10.8. The van der Waals surface area contributed by atoms with Crippen molar-refractivity contribution in [3.63, 3.8) is 0 Å². The van der Waals surface area contributed by atoms with Gasteiger partial charge < -0.3 is 9.84 Å². The molecule has 1 aliphatic carbocycles. The number of aliphatic carboxylic acids is 1. The van der Waals surface area contributed by atoms with Crippen molar-refractivity contribution in [3.05, 3.63) is 0 Å². The Morgan fingerprint density at radius 1 is 1.40 bits per heavy atom. The van der Waals surface area contributed by atoms with E-state index in [1.54, 1.807) is 0 Å². The van der Waals surface area contributed by atoms with Crippen LogP contribution in [-0.4, -0.2) is 23.3 Å². The molecule has 1 heterocycles. The van der Waals surface area contributed by atoms with Crippen LogP contribution in [0.2, 0.25) is 0 Å². The lowest BCUT2D eigenvalue weighted by Crippen LogP contribution is -2.33. The highest BCUT2D eigenvalue weighted by Crippen LogP contribution is 2.45. The van der Waals surface area contributed by atoms with Crippen molar-refractivity contribution in [1.82, 2.24) is 0 Å². The fraction of sp³-hybridized carbons (Fsp3) is 0.917. The molecule has 0 spiro atoms. The molecule has 3 heteroatoms. The molecule has 0 aromatic heterocycles. The van der Waals surface area contributed by atoms with Crippen molar-refractivity contribution in [3.8, 4) is 0 Å². The van der Waals surface area contributed by atoms with Gasteiger partial charge in [0.15, 0.2) is 0 Å². The van der Waals surface area contributed by atoms with Gasteiger partial charge in [0.05, 0.1) is 12.2 Å². The minimum absolute atomic E-state index is 0.300. The molecule has 15 heavy (non-hydrogen) atoms. The van der Waals surface area contributed by atoms with Crippen molar-refractivity contribution >= 4 is 5.97 Å². The highest BCUT2D eigenvalue weighted by molar-refractivity contribution is 5.67. The van der Waals surface area contributed by atoms with E-state index in [2.05, 4.69) is 13.8 Å². The molecular weight excluding hydrogens is 192 g/mol. The molecule has 1 N–H and O–H groups in total. The number of fused-ring (bicyclic) bond motifs is 1. The monoisotopic (exact) mass is 212 g/mol. The Morgan fingerprint density at radius 3 is 2.80 bits per heavy atom. The zero-order chi connectivity index (χ0) is 11.0. The van der Waals surface area contributed by atoms with Crippen molar-refractivity contribution < 1.29 is 14.6 Å². The molecule has 5 atom stereocenters. The Kier molecular flexibility index (Phi) is 3.01. The van der Waals surface area contributed by atoms with Gasteiger partial charge in [-0.15, -0.1) is 0 Å². The van der Waals surface area contributed by atoms with Crippen LogP contribution in [-0.2, 0) is 9.53 Å². The first-order valence-corrected chi connectivity index (χ1v) is 5.97. The quantitative estimate of drug-likeness (QED) is 0.764. The first kappa shape index (κ1) is 10.9. The molecule has 1 aliphatic heterocycles. The van der Waals surface area contributed by atoms with Gasteiger partial charge in [-0.05, 0) is 37.5 Å². The van der Waals surface area contributed by atoms with E-state index in [0.717, 1.165) is 19.3 Å². The molecule has 2 fully saturated rings. The number of carboxylic acids is 1. The predicted molar refractivity (Wildman–Crippen MR) is 56.6 cm³/mol. The van der Waals surface area contributed by atoms with Crippen molar-refractivity contribution in [2.45, 2.75) is 51.7 Å². The standard InChI is InChI=1S/C12H20O3/c1-7-8(2)15-10-5-3-4-9(12(7)10)6-11(13)14/h7-10,12H,3-6H2,1-2H3,(H,13,14)/t7-,8+,9-,10-,12-/m1/s1. The minimum Gasteiger partial charge on any atom is -0.481 e. The molecule has 1 saturated carbocycles. The predicted octanol–water partition coefficient (Wildman–Crippen LogP) is 2.30. The van der Waals surface area contributed by atoms with E-state index in [1.807, 2.05) is 0 Å². The average molecular weight is 212 g/mol. The van der Waals surface area contributed by atoms with Crippen LogP contribution in [0.5, 0.6) is 0 Å². The smallest absolute Gasteiger partial charge is 0.303 e. The maximum atomic E-state index is 10.8. The van der Waals surface area contributed by atoms with Crippen LogP contribution in [0, 0.1) is 17.8 Å². The van der Waals surface area contributed by atoms with Gasteiger partial charge >= 0.3 is 5.97 Å². The summed E-state index contributed by atoms with van der Waals surface area (Å²) in [5, 5.41) is 8.90. The molecule has 0 aromatic carbocycles. The Hall–Kier alpha value is -0.570. The molecular formula is C12H20O3. The lowest BCUT2D eigenvalue weighted by molar-refractivity contribution is -0.139. The largest absolute Gasteiger partial charge is 0.481 e. The summed E-state index contributed by atoms with van der Waals surface area (Å²) in [7, 11) is 0. The Morgan fingerprint density at radius 2 is 2.13 bits per heavy atom. The summed E-state index contributed by atoms with van der Waals surface area (Å²) in [4.78, 5) is 10.8. The van der Waals surface area contributed by atoms with E-state index in [4.69, 9.17) is 9.84 Å². The van der Waals surface area contributed by atoms with Gasteiger partial charge in [-0.2, -0.15) is 0 Å². The summed E-state index contributed by atoms with van der Waals surface area (Å²) in [5.74, 6) is 0.665. The molecule has 0 bridgehead atoms. The number of carboxylic acid groups (broad SMARTS) is 1. The highest BCUT2D eigenvalue weighted by atomic mass is 16.5. The Bertz CT molecular complexity index is 251. The van der Waals surface area contributed by atoms with Crippen LogP contribution in [0.1, 0.15) is 39.5 Å². The molecule has 2 aliphatic rings. The van der Waals surface area contributed by atoms with Gasteiger partial charge in [-0.25, -0.2) is 0 Å². The van der Waals surface area contributed by atoms with E-state index in [0.29, 0.717) is 36.4 Å². The molecule has 1 saturated heterocycles. The minimum atomic E-state index is -0.660. The fourth-order valence-electron chi connectivity index (χ4n) is 3.37. The van der Waals surface area contributed by atoms with Gasteiger partial charge in [0.1, 0.15) is 0 Å². The lowest BCUT2D eigenvalue weighted by Gasteiger charge is -2.33. The number of hydrogen-bond acceptors (Lipinski definition) is 2. The van der Waals surface area contributed by atoms with Gasteiger partial charge in [0.2, 0.25) is 0 Å². The van der Waals surface area contributed by atoms with E-state index in [-0.39, 0.29) is 0 Å². The first-order valence-electron chi connectivity index (χ1n) is 5.97. The van der Waals surface area contributed by atoms with Crippen molar-refractivity contribution in [2.24, 2.45) is 17.8 Å². The van der Waals surface area contributed by atoms with Gasteiger partial charge in [0, 0.05) is 6.42 Å². The van der Waals surface area contributed by atoms with Crippen molar-refractivity contribution in [1.29, 1.82) is 0 Å². The molecule has 0 amide bonds. The second-order valence-electron chi connectivity index (χ2n) is 5.10. The molecule has 0 aromatic rings. The summed E-state index contributed by atoms with van der Waals surface area (Å²) < 4.78 is 5.90. The van der Waals surface area contributed by atoms with Crippen LogP contribution in [0.4, 0.5) is 0 Å². The zero-order valence-corrected chi connectivity index (χ0v) is 9.48. The summed E-state index contributed by atoms with van der Waals surface area (Å²) in [5.41, 5.74) is 0. The van der Waals surface area contributed by atoms with E-state index < -0.39 is 5.97 Å². The van der Waals surface area contributed by atoms with Crippen LogP contribution in [0.3, 0.4) is 0 Å². The first-order chi connectivity index (χ1) is 7.09. The fourth-order valence-corrected chi connectivity index (χ4v) is 3.37. The maximum Gasteiger partial charge on any atom is 0.303 e. The van der Waals surface area contributed by atoms with E-state index in [9.17, 15) is 4.79 Å². The van der Waals surface area contributed by atoms with Crippen LogP contribution in [0.25, 0.3) is 0 Å². The van der Waals surface area contributed by atoms with Gasteiger partial charge in [0.25, 0.3) is 0 Å². The SMILES string of the molecule is C[C@H]1[C@@H]2[C@@H](CC(=O)O)CCC[C@H]2O[C@H]1C. The molecule has 3 nitrogen and oxygen atoms in total. The molecule has 86 valence electrons. The zero-order valence-electron chi connectivity index (χ0n) is 9.48. The van der Waals surface area contributed by atoms with E-state index >= 15 is 0 Å². The van der Waals surface area contributed by atoms with E-state index in [1.165, 1.54) is 0 Å². The highest BCUT2D eigenvalue weighted by Gasteiger charge is 2.45. The van der Waals surface area contributed by atoms with Gasteiger partial charge in [-0.1, -0.05) is 13.3 Å². The van der Waals surface area contributed by atoms with Crippen LogP contribution in [0.15, 0.2) is 0 Å². The number of carbonyl (C=O) groups is 1. The molecule has 0 unspecified atom stereocenters. The second kappa shape index (κ2) is 4.12. The molecule has 0 radical (unpaired) electrons. The summed E-state index contributed by atoms with van der Waals surface area (Å²) >= 11 is 0. The topological polar surface area (TPSA) is 46.5 Å². The second-order valence-corrected chi connectivity index (χ2v) is 5.10. The number of ether oxygens (including phenoxy) is 1. The normalized spacial score (nSPS) is 45.1. The van der Waals surface area contributed by atoms with Crippen LogP contribution < -0.4 is 0 Å². The third-order valence-corrected chi connectivity index (χ3v) is 4.21. The van der Waals surface area contributed by atoms with Crippen molar-refractivity contribution in [2.75, 3.05) is 0 Å². The number of hydrogen-bond donors (Lipinski definition) is 1. The summed E-state index contributed by atoms with van der Waals surface area (Å²) in [6, 6.07) is 0. The number of rotatable bonds is 2. The lowest BCUT2D eigenvalue weighted by atomic mass is 9.71. The summed E-state index contributed by atoms with van der Waals surface area (Å²) in [6.45, 7) is 4.32. The van der Waals surface area contributed by atoms with Crippen LogP contribution >= 0.6 is 0 Å². The molecule has 2 rings (SSSR count).